The van der Waals surface area contributed by atoms with Crippen LogP contribution in [0.5, 0.6) is 0 Å². The average Bonchev–Trinajstić information content (AvgIpc) is 3.38. The van der Waals surface area contributed by atoms with Crippen molar-refractivity contribution in [3.63, 3.8) is 0 Å². The molecule has 0 bridgehead atoms. The number of imidazole rings is 1. The van der Waals surface area contributed by atoms with Gasteiger partial charge in [0.2, 0.25) is 0 Å². The van der Waals surface area contributed by atoms with Crippen molar-refractivity contribution in [3.8, 4) is 11.5 Å². The van der Waals surface area contributed by atoms with E-state index in [2.05, 4.69) is 50.0 Å². The summed E-state index contributed by atoms with van der Waals surface area (Å²) in [7, 11) is 0. The Bertz CT molecular complexity index is 1290. The number of aromatic nitrogens is 4. The molecule has 32 heavy (non-hydrogen) atoms. The van der Waals surface area contributed by atoms with Gasteiger partial charge in [-0.15, -0.1) is 0 Å². The molecule has 0 atom stereocenters. The normalized spacial score (nSPS) is 15.2. The van der Waals surface area contributed by atoms with Gasteiger partial charge in [0.15, 0.2) is 17.5 Å². The molecule has 0 aliphatic carbocycles. The van der Waals surface area contributed by atoms with Crippen LogP contribution in [0.1, 0.15) is 36.0 Å². The first-order valence-corrected chi connectivity index (χ1v) is 11.6. The van der Waals surface area contributed by atoms with Crippen LogP contribution in [-0.4, -0.2) is 36.0 Å². The van der Waals surface area contributed by atoms with E-state index in [9.17, 15) is 8.78 Å². The van der Waals surface area contributed by atoms with Crippen molar-refractivity contribution in [3.05, 3.63) is 70.9 Å². The van der Waals surface area contributed by atoms with Crippen molar-refractivity contribution in [2.24, 2.45) is 0 Å². The summed E-state index contributed by atoms with van der Waals surface area (Å²) in [5.41, 5.74) is 4.69. The first kappa shape index (κ1) is 21.3. The van der Waals surface area contributed by atoms with E-state index >= 15 is 0 Å². The third kappa shape index (κ3) is 4.47. The summed E-state index contributed by atoms with van der Waals surface area (Å²) < 4.78 is 29.2. The molecule has 1 N–H and O–H groups in total. The molecule has 1 aliphatic heterocycles. The van der Waals surface area contributed by atoms with Crippen molar-refractivity contribution < 1.29 is 8.78 Å². The molecule has 2 aromatic carbocycles. The topological polar surface area (TPSA) is 49.7 Å². The average molecular weight is 545 g/mol. The summed E-state index contributed by atoms with van der Waals surface area (Å²) in [6.07, 6.45) is 8.96. The summed E-state index contributed by atoms with van der Waals surface area (Å²) in [4.78, 5) is 10.6. The first-order chi connectivity index (χ1) is 15.6. The second-order valence-corrected chi connectivity index (χ2v) is 9.06. The Morgan fingerprint density at radius 2 is 1.84 bits per heavy atom. The minimum atomic E-state index is -0.866. The fraction of sp³-hybridized carbons (Fsp3) is 0.250. The molecule has 2 aromatic heterocycles. The number of piperidine rings is 1. The maximum absolute atomic E-state index is 14.0. The number of halogens is 3. The van der Waals surface area contributed by atoms with Crippen molar-refractivity contribution in [1.29, 1.82) is 0 Å². The van der Waals surface area contributed by atoms with Crippen LogP contribution in [0.4, 0.5) is 8.78 Å². The van der Waals surface area contributed by atoms with Gasteiger partial charge in [-0.2, -0.15) is 5.10 Å². The minimum Gasteiger partial charge on any atom is -0.337 e. The van der Waals surface area contributed by atoms with E-state index in [0.29, 0.717) is 11.5 Å². The largest absolute Gasteiger partial charge is 0.337 e. The Hall–Kier alpha value is -2.59. The highest BCUT2D eigenvalue weighted by Gasteiger charge is 2.15. The molecule has 1 aliphatic rings. The summed E-state index contributed by atoms with van der Waals surface area (Å²) in [6, 6.07) is 10.4. The van der Waals surface area contributed by atoms with Gasteiger partial charge in [0.1, 0.15) is 5.69 Å². The maximum atomic E-state index is 14.0. The highest BCUT2D eigenvalue weighted by Crippen LogP contribution is 2.26. The minimum absolute atomic E-state index is 0.184. The van der Waals surface area contributed by atoms with Gasteiger partial charge in [0.25, 0.3) is 0 Å². The van der Waals surface area contributed by atoms with E-state index in [1.165, 1.54) is 37.0 Å². The van der Waals surface area contributed by atoms with Crippen molar-refractivity contribution >= 4 is 46.1 Å². The van der Waals surface area contributed by atoms with Crippen molar-refractivity contribution in [2.45, 2.75) is 25.8 Å². The molecule has 1 saturated heterocycles. The number of nitrogens with zero attached hydrogens (tertiary/aromatic N) is 4. The van der Waals surface area contributed by atoms with Crippen LogP contribution in [0.2, 0.25) is 0 Å². The van der Waals surface area contributed by atoms with Gasteiger partial charge in [0, 0.05) is 23.9 Å². The van der Waals surface area contributed by atoms with E-state index in [1.807, 2.05) is 12.3 Å². The second-order valence-electron chi connectivity index (χ2n) is 8.07. The van der Waals surface area contributed by atoms with Gasteiger partial charge < -0.3 is 4.98 Å². The lowest BCUT2D eigenvalue weighted by Crippen LogP contribution is -2.29. The zero-order valence-electron chi connectivity index (χ0n) is 17.4. The highest BCUT2D eigenvalue weighted by atomic mass is 127. The number of benzene rings is 2. The smallest absolute Gasteiger partial charge is 0.166 e. The molecule has 4 aromatic rings. The summed E-state index contributed by atoms with van der Waals surface area (Å²) in [5.74, 6) is -1.09. The molecule has 0 spiro atoms. The van der Waals surface area contributed by atoms with E-state index in [1.54, 1.807) is 15.0 Å². The monoisotopic (exact) mass is 545 g/mol. The Morgan fingerprint density at radius 3 is 2.69 bits per heavy atom. The maximum Gasteiger partial charge on any atom is 0.166 e. The van der Waals surface area contributed by atoms with Gasteiger partial charge in [-0.25, -0.2) is 16.7 Å². The number of fused-ring (bicyclic) bond motifs is 1. The molecule has 5 nitrogen and oxygen atoms in total. The summed E-state index contributed by atoms with van der Waals surface area (Å²) in [5, 5.41) is 4.53. The lowest BCUT2D eigenvalue weighted by atomic mass is 10.1. The van der Waals surface area contributed by atoms with Crippen LogP contribution in [0.15, 0.2) is 42.6 Å². The van der Waals surface area contributed by atoms with Gasteiger partial charge in [-0.1, -0.05) is 36.8 Å². The van der Waals surface area contributed by atoms with E-state index in [4.69, 9.17) is 4.98 Å². The van der Waals surface area contributed by atoms with E-state index < -0.39 is 11.6 Å². The third-order valence-electron chi connectivity index (χ3n) is 5.76. The van der Waals surface area contributed by atoms with Crippen molar-refractivity contribution in [1.82, 2.24) is 22.9 Å². The van der Waals surface area contributed by atoms with Crippen LogP contribution < -0.4 is 0 Å². The quantitative estimate of drug-likeness (QED) is 0.311. The molecular formula is C24H22F2IN5. The lowest BCUT2D eigenvalue weighted by molar-refractivity contribution is 0.221. The van der Waals surface area contributed by atoms with Crippen LogP contribution in [0, 0.1) is 11.6 Å². The number of nitrogens with one attached hydrogen (secondary N) is 1. The molecule has 0 saturated carbocycles. The zero-order valence-corrected chi connectivity index (χ0v) is 19.5. The summed E-state index contributed by atoms with van der Waals surface area (Å²) in [6.45, 7) is 3.25. The third-order valence-corrected chi connectivity index (χ3v) is 6.26. The second kappa shape index (κ2) is 9.11. The summed E-state index contributed by atoms with van der Waals surface area (Å²) >= 11 is 2.06. The van der Waals surface area contributed by atoms with Gasteiger partial charge in [-0.3, -0.25) is 4.90 Å². The number of rotatable bonds is 5. The molecule has 0 unspecified atom stereocenters. The lowest BCUT2D eigenvalue weighted by Gasteiger charge is -2.26. The standard InChI is InChI=1S/C24H22F2IN5/c25-19-6-4-5-17(22(19)26)8-9-18-15-32(27)30-23(18)24-28-20-10-7-16(13-21(20)29-24)14-31-11-2-1-3-12-31/h4-10,13,15H,1-3,11-12,14H2,(H,28,29)/b9-8+. The number of hydrogen-bond acceptors (Lipinski definition) is 3. The van der Waals surface area contributed by atoms with E-state index in [-0.39, 0.29) is 5.56 Å². The molecule has 5 rings (SSSR count). The Labute approximate surface area is 198 Å². The Kier molecular flexibility index (Phi) is 6.05. The van der Waals surface area contributed by atoms with Crippen LogP contribution in [-0.2, 0) is 6.54 Å². The van der Waals surface area contributed by atoms with Gasteiger partial charge >= 0.3 is 0 Å². The molecular weight excluding hydrogens is 523 g/mol. The zero-order chi connectivity index (χ0) is 22.1. The fourth-order valence-electron chi connectivity index (χ4n) is 4.14. The molecule has 0 radical (unpaired) electrons. The number of aromatic amines is 1. The van der Waals surface area contributed by atoms with Crippen LogP contribution in [0.25, 0.3) is 34.7 Å². The molecule has 164 valence electrons. The predicted molar refractivity (Wildman–Crippen MR) is 131 cm³/mol. The predicted octanol–water partition coefficient (Wildman–Crippen LogP) is 6.06. The fourth-order valence-corrected chi connectivity index (χ4v) is 4.65. The molecule has 0 amide bonds. The van der Waals surface area contributed by atoms with Crippen LogP contribution in [0.3, 0.4) is 0 Å². The van der Waals surface area contributed by atoms with Gasteiger partial charge in [-0.05, 0) is 49.7 Å². The number of likely N-dealkylation sites (tertiary alicyclic amines) is 1. The number of H-pyrrole nitrogens is 1. The molecule has 3 heterocycles. The Morgan fingerprint density at radius 1 is 1.03 bits per heavy atom. The molecule has 8 heteroatoms. The van der Waals surface area contributed by atoms with E-state index in [0.717, 1.165) is 42.3 Å². The van der Waals surface area contributed by atoms with Crippen molar-refractivity contribution in [2.75, 3.05) is 13.1 Å². The first-order valence-electron chi connectivity index (χ1n) is 10.7. The highest BCUT2D eigenvalue weighted by molar-refractivity contribution is 14.1. The van der Waals surface area contributed by atoms with Crippen LogP contribution >= 0.6 is 22.9 Å². The molecule has 1 fully saturated rings. The SMILES string of the molecule is Fc1cccc(/C=C/c2cn(I)nc2-c2nc3ccc(CN4CCCCC4)cc3[nH]2)c1F. The number of hydrogen-bond donors (Lipinski definition) is 1. The van der Waals surface area contributed by atoms with Gasteiger partial charge in [0.05, 0.1) is 33.9 Å². The Balaban J connectivity index is 1.43.